The van der Waals surface area contributed by atoms with E-state index in [2.05, 4.69) is 14.9 Å². The quantitative estimate of drug-likeness (QED) is 0.598. The topological polar surface area (TPSA) is 76.7 Å². The van der Waals surface area contributed by atoms with Gasteiger partial charge in [-0.1, -0.05) is 6.92 Å². The van der Waals surface area contributed by atoms with Crippen LogP contribution in [0.4, 0.5) is 11.5 Å². The molecule has 0 aromatic carbocycles. The molecule has 1 aromatic rings. The van der Waals surface area contributed by atoms with Crippen LogP contribution in [0.3, 0.4) is 0 Å². The molecule has 8 nitrogen and oxygen atoms in total. The summed E-state index contributed by atoms with van der Waals surface area (Å²) < 4.78 is 7.10. The van der Waals surface area contributed by atoms with Gasteiger partial charge in [-0.05, 0) is 25.2 Å². The zero-order valence-electron chi connectivity index (χ0n) is 14.6. The molecular formula is C16H27N5O3. The van der Waals surface area contributed by atoms with Crippen LogP contribution in [0.2, 0.25) is 0 Å². The maximum Gasteiger partial charge on any atom is 0.334 e. The average Bonchev–Trinajstić information content (AvgIpc) is 2.93. The van der Waals surface area contributed by atoms with Crippen molar-refractivity contribution < 1.29 is 9.66 Å². The molecular weight excluding hydrogens is 310 g/mol. The summed E-state index contributed by atoms with van der Waals surface area (Å²) in [5.41, 5.74) is 0.764. The summed E-state index contributed by atoms with van der Waals surface area (Å²) in [6.07, 6.45) is 2.83. The second-order valence-corrected chi connectivity index (χ2v) is 6.72. The highest BCUT2D eigenvalue weighted by Crippen LogP contribution is 2.34. The molecule has 0 spiro atoms. The molecule has 134 valence electrons. The van der Waals surface area contributed by atoms with E-state index in [1.165, 1.54) is 6.42 Å². The summed E-state index contributed by atoms with van der Waals surface area (Å²) in [7, 11) is 1.81. The lowest BCUT2D eigenvalue weighted by Crippen LogP contribution is -2.45. The van der Waals surface area contributed by atoms with Crippen molar-refractivity contribution in [2.24, 2.45) is 13.0 Å². The summed E-state index contributed by atoms with van der Waals surface area (Å²) in [6.45, 7) is 8.28. The van der Waals surface area contributed by atoms with Crippen molar-refractivity contribution in [1.82, 2.24) is 14.7 Å². The first-order chi connectivity index (χ1) is 11.6. The van der Waals surface area contributed by atoms with Gasteiger partial charge in [-0.25, -0.2) is 4.68 Å². The highest BCUT2D eigenvalue weighted by molar-refractivity contribution is 5.61. The molecule has 3 rings (SSSR count). The van der Waals surface area contributed by atoms with E-state index >= 15 is 0 Å². The molecule has 2 aliphatic heterocycles. The Labute approximate surface area is 142 Å². The van der Waals surface area contributed by atoms with E-state index in [-0.39, 0.29) is 10.6 Å². The molecule has 0 N–H and O–H groups in total. The van der Waals surface area contributed by atoms with Crippen LogP contribution in [0.25, 0.3) is 0 Å². The molecule has 0 amide bonds. The van der Waals surface area contributed by atoms with Gasteiger partial charge in [0, 0.05) is 39.8 Å². The number of anilines is 1. The van der Waals surface area contributed by atoms with Gasteiger partial charge in [-0.3, -0.25) is 15.0 Å². The first kappa shape index (κ1) is 17.2. The van der Waals surface area contributed by atoms with Crippen LogP contribution in [0, 0.1) is 16.0 Å². The minimum absolute atomic E-state index is 0.187. The Balaban J connectivity index is 1.74. The number of nitro groups is 1. The van der Waals surface area contributed by atoms with Crippen LogP contribution in [-0.2, 0) is 18.2 Å². The van der Waals surface area contributed by atoms with Gasteiger partial charge in [0.25, 0.3) is 0 Å². The maximum absolute atomic E-state index is 11.6. The zero-order chi connectivity index (χ0) is 17.1. The van der Waals surface area contributed by atoms with Crippen molar-refractivity contribution in [1.29, 1.82) is 0 Å². The van der Waals surface area contributed by atoms with Crippen LogP contribution in [0.1, 0.15) is 25.5 Å². The SMILES string of the molecule is CCc1nn(C)c(N2CCCC(CN3CCOCC3)C2)c1[N+](=O)[O-]. The molecule has 3 heterocycles. The van der Waals surface area contributed by atoms with Crippen LogP contribution in [-0.4, -0.2) is 65.5 Å². The number of hydrogen-bond acceptors (Lipinski definition) is 6. The lowest BCUT2D eigenvalue weighted by atomic mass is 9.97. The first-order valence-electron chi connectivity index (χ1n) is 8.85. The second kappa shape index (κ2) is 7.48. The Bertz CT molecular complexity index is 583. The van der Waals surface area contributed by atoms with Gasteiger partial charge in [0.15, 0.2) is 0 Å². The molecule has 2 aliphatic rings. The Morgan fingerprint density at radius 2 is 2.08 bits per heavy atom. The molecule has 0 saturated carbocycles. The molecule has 8 heteroatoms. The van der Waals surface area contributed by atoms with Crippen molar-refractivity contribution in [3.8, 4) is 0 Å². The van der Waals surface area contributed by atoms with E-state index in [1.807, 2.05) is 14.0 Å². The van der Waals surface area contributed by atoms with Crippen molar-refractivity contribution >= 4 is 11.5 Å². The Morgan fingerprint density at radius 1 is 1.33 bits per heavy atom. The summed E-state index contributed by atoms with van der Waals surface area (Å²) in [5.74, 6) is 1.21. The third-order valence-corrected chi connectivity index (χ3v) is 5.02. The number of ether oxygens (including phenoxy) is 1. The smallest absolute Gasteiger partial charge is 0.334 e. The van der Waals surface area contributed by atoms with Gasteiger partial charge >= 0.3 is 5.69 Å². The van der Waals surface area contributed by atoms with E-state index in [9.17, 15) is 10.1 Å². The van der Waals surface area contributed by atoms with Gasteiger partial charge < -0.3 is 9.64 Å². The Kier molecular flexibility index (Phi) is 5.35. The zero-order valence-corrected chi connectivity index (χ0v) is 14.6. The number of rotatable bonds is 5. The summed E-state index contributed by atoms with van der Waals surface area (Å²) >= 11 is 0. The number of nitrogens with zero attached hydrogens (tertiary/aromatic N) is 5. The predicted molar refractivity (Wildman–Crippen MR) is 91.4 cm³/mol. The third kappa shape index (κ3) is 3.54. The molecule has 1 unspecified atom stereocenters. The lowest BCUT2D eigenvalue weighted by Gasteiger charge is -2.37. The minimum Gasteiger partial charge on any atom is -0.379 e. The van der Waals surface area contributed by atoms with Gasteiger partial charge in [-0.15, -0.1) is 0 Å². The number of aryl methyl sites for hydroxylation is 2. The molecule has 0 bridgehead atoms. The Hall–Kier alpha value is -1.67. The summed E-state index contributed by atoms with van der Waals surface area (Å²) in [6, 6.07) is 0. The van der Waals surface area contributed by atoms with Crippen LogP contribution < -0.4 is 4.90 Å². The molecule has 2 saturated heterocycles. The van der Waals surface area contributed by atoms with Gasteiger partial charge in [0.05, 0.1) is 18.1 Å². The molecule has 0 aliphatic carbocycles. The van der Waals surface area contributed by atoms with Crippen LogP contribution in [0.5, 0.6) is 0 Å². The van der Waals surface area contributed by atoms with E-state index < -0.39 is 0 Å². The van der Waals surface area contributed by atoms with Gasteiger partial charge in [0.2, 0.25) is 5.82 Å². The van der Waals surface area contributed by atoms with Crippen molar-refractivity contribution in [2.45, 2.75) is 26.2 Å². The molecule has 1 aromatic heterocycles. The van der Waals surface area contributed by atoms with E-state index in [0.29, 0.717) is 23.9 Å². The standard InChI is InChI=1S/C16H27N5O3/c1-3-14-15(21(22)23)16(18(2)17-14)20-6-4-5-13(12-20)11-19-7-9-24-10-8-19/h13H,3-12H2,1-2H3. The number of aromatic nitrogens is 2. The first-order valence-corrected chi connectivity index (χ1v) is 8.85. The largest absolute Gasteiger partial charge is 0.379 e. The molecule has 1 atom stereocenters. The summed E-state index contributed by atoms with van der Waals surface area (Å²) in [5, 5.41) is 15.9. The normalized spacial score (nSPS) is 22.8. The van der Waals surface area contributed by atoms with Crippen molar-refractivity contribution in [3.05, 3.63) is 15.8 Å². The fraction of sp³-hybridized carbons (Fsp3) is 0.812. The Morgan fingerprint density at radius 3 is 2.75 bits per heavy atom. The van der Waals surface area contributed by atoms with Gasteiger partial charge in [-0.2, -0.15) is 5.10 Å². The molecule has 2 fully saturated rings. The van der Waals surface area contributed by atoms with Crippen molar-refractivity contribution in [3.63, 3.8) is 0 Å². The highest BCUT2D eigenvalue weighted by Gasteiger charge is 2.32. The number of morpholine rings is 1. The van der Waals surface area contributed by atoms with Crippen LogP contribution in [0.15, 0.2) is 0 Å². The fourth-order valence-electron chi connectivity index (χ4n) is 3.89. The number of hydrogen-bond donors (Lipinski definition) is 0. The second-order valence-electron chi connectivity index (χ2n) is 6.72. The highest BCUT2D eigenvalue weighted by atomic mass is 16.6. The van der Waals surface area contributed by atoms with E-state index in [4.69, 9.17) is 4.74 Å². The minimum atomic E-state index is -0.271. The molecule has 0 radical (unpaired) electrons. The van der Waals surface area contributed by atoms with E-state index in [1.54, 1.807) is 4.68 Å². The summed E-state index contributed by atoms with van der Waals surface area (Å²) in [4.78, 5) is 15.9. The fourth-order valence-corrected chi connectivity index (χ4v) is 3.89. The maximum atomic E-state index is 11.6. The average molecular weight is 337 g/mol. The third-order valence-electron chi connectivity index (χ3n) is 5.02. The van der Waals surface area contributed by atoms with E-state index in [0.717, 1.165) is 52.4 Å². The molecule has 24 heavy (non-hydrogen) atoms. The van der Waals surface area contributed by atoms with Crippen LogP contribution >= 0.6 is 0 Å². The predicted octanol–water partition coefficient (Wildman–Crippen LogP) is 1.44. The monoisotopic (exact) mass is 337 g/mol. The van der Waals surface area contributed by atoms with Crippen molar-refractivity contribution in [2.75, 3.05) is 50.8 Å². The number of piperidine rings is 1. The lowest BCUT2D eigenvalue weighted by molar-refractivity contribution is -0.384. The van der Waals surface area contributed by atoms with Gasteiger partial charge in [0.1, 0.15) is 5.69 Å².